The second kappa shape index (κ2) is 9.96. The zero-order valence-electron chi connectivity index (χ0n) is 17.0. The van der Waals surface area contributed by atoms with Gasteiger partial charge in [-0.25, -0.2) is 4.79 Å². The van der Waals surface area contributed by atoms with E-state index < -0.39 is 0 Å². The Hall–Kier alpha value is -2.57. The number of nitrogens with two attached hydrogens (primary N) is 1. The molecule has 6 nitrogen and oxygen atoms in total. The minimum Gasteiger partial charge on any atom is -0.338 e. The Morgan fingerprint density at radius 3 is 2.60 bits per heavy atom. The molecule has 0 aromatic heterocycles. The van der Waals surface area contributed by atoms with Crippen LogP contribution in [-0.4, -0.2) is 29.9 Å². The van der Waals surface area contributed by atoms with E-state index in [-0.39, 0.29) is 30.3 Å². The maximum atomic E-state index is 13.0. The second-order valence-electron chi connectivity index (χ2n) is 7.93. The van der Waals surface area contributed by atoms with Gasteiger partial charge >= 0.3 is 6.03 Å². The Bertz CT molecular complexity index is 890. The minimum absolute atomic E-state index is 0. The summed E-state index contributed by atoms with van der Waals surface area (Å²) >= 11 is 0. The smallest absolute Gasteiger partial charge is 0.323 e. The van der Waals surface area contributed by atoms with Gasteiger partial charge in [0.05, 0.1) is 0 Å². The molecule has 0 saturated heterocycles. The molecule has 1 aliphatic heterocycles. The van der Waals surface area contributed by atoms with E-state index in [0.29, 0.717) is 25.6 Å². The summed E-state index contributed by atoms with van der Waals surface area (Å²) in [5.41, 5.74) is 9.64. The van der Waals surface area contributed by atoms with Crippen molar-refractivity contribution in [3.8, 4) is 0 Å². The van der Waals surface area contributed by atoms with Crippen molar-refractivity contribution in [2.75, 3.05) is 23.7 Å². The van der Waals surface area contributed by atoms with E-state index in [2.05, 4.69) is 10.6 Å². The van der Waals surface area contributed by atoms with E-state index in [0.717, 1.165) is 48.2 Å². The highest BCUT2D eigenvalue weighted by molar-refractivity contribution is 6.00. The summed E-state index contributed by atoms with van der Waals surface area (Å²) in [5, 5.41) is 5.81. The van der Waals surface area contributed by atoms with Gasteiger partial charge in [-0.2, -0.15) is 0 Å². The molecule has 1 saturated carbocycles. The van der Waals surface area contributed by atoms with Crippen LogP contribution in [0.2, 0.25) is 0 Å². The molecular formula is C23H29ClN4O2. The number of carbonyl (C=O) groups excluding carboxylic acids is 2. The van der Waals surface area contributed by atoms with Gasteiger partial charge in [-0.3, -0.25) is 4.79 Å². The van der Waals surface area contributed by atoms with E-state index in [4.69, 9.17) is 5.73 Å². The van der Waals surface area contributed by atoms with Crippen LogP contribution in [0.4, 0.5) is 16.2 Å². The Morgan fingerprint density at radius 1 is 1.03 bits per heavy atom. The molecule has 7 heteroatoms. The third-order valence-electron chi connectivity index (χ3n) is 6.14. The molecule has 30 heavy (non-hydrogen) atoms. The van der Waals surface area contributed by atoms with Crippen molar-refractivity contribution < 1.29 is 9.59 Å². The molecule has 0 unspecified atom stereocenters. The average molecular weight is 429 g/mol. The van der Waals surface area contributed by atoms with Crippen molar-refractivity contribution in [3.05, 3.63) is 59.7 Å². The Morgan fingerprint density at radius 2 is 1.83 bits per heavy atom. The summed E-state index contributed by atoms with van der Waals surface area (Å²) in [6, 6.07) is 15.0. The average Bonchev–Trinajstić information content (AvgIpc) is 3.22. The molecule has 0 bridgehead atoms. The van der Waals surface area contributed by atoms with Crippen LogP contribution in [0, 0.1) is 11.8 Å². The number of halogens is 1. The monoisotopic (exact) mass is 428 g/mol. The lowest BCUT2D eigenvalue weighted by Crippen LogP contribution is -2.42. The summed E-state index contributed by atoms with van der Waals surface area (Å²) in [6.45, 7) is 1.86. The number of carbonyl (C=O) groups is 2. The van der Waals surface area contributed by atoms with Crippen LogP contribution in [-0.2, 0) is 17.8 Å². The van der Waals surface area contributed by atoms with Gasteiger partial charge in [0.1, 0.15) is 0 Å². The van der Waals surface area contributed by atoms with E-state index in [1.807, 2.05) is 53.4 Å². The van der Waals surface area contributed by atoms with Crippen LogP contribution >= 0.6 is 12.4 Å². The van der Waals surface area contributed by atoms with Crippen LogP contribution in [0.1, 0.15) is 30.4 Å². The number of para-hydroxylation sites is 1. The van der Waals surface area contributed by atoms with Crippen LogP contribution < -0.4 is 16.4 Å². The fourth-order valence-corrected chi connectivity index (χ4v) is 4.60. The van der Waals surface area contributed by atoms with Gasteiger partial charge in [-0.15, -0.1) is 12.4 Å². The normalized spacial score (nSPS) is 20.1. The molecule has 3 amide bonds. The molecule has 2 aromatic carbocycles. The lowest BCUT2D eigenvalue weighted by Gasteiger charge is -2.33. The Kier molecular flexibility index (Phi) is 7.34. The zero-order chi connectivity index (χ0) is 20.2. The number of nitrogens with one attached hydrogen (secondary N) is 2. The number of hydrogen-bond acceptors (Lipinski definition) is 3. The summed E-state index contributed by atoms with van der Waals surface area (Å²) in [7, 11) is 0. The standard InChI is InChI=1S/C23H28N4O2.ClH/c24-14-16-6-4-10-20(16)22(28)27-13-12-19-17(15-27)7-5-11-21(19)26-23(29)25-18-8-2-1-3-9-18;/h1-3,5,7-9,11,16,20H,4,6,10,12-15,24H2,(H2,25,26,29);1H/t16-,20-;/m1./s1. The number of anilines is 2. The zero-order valence-corrected chi connectivity index (χ0v) is 17.8. The van der Waals surface area contributed by atoms with Crippen molar-refractivity contribution in [3.63, 3.8) is 0 Å². The number of urea groups is 1. The topological polar surface area (TPSA) is 87.5 Å². The first-order valence-corrected chi connectivity index (χ1v) is 10.4. The SMILES string of the molecule is Cl.NC[C@H]1CCC[C@H]1C(=O)N1CCc2c(cccc2NC(=O)Nc2ccccc2)C1. The number of amides is 3. The van der Waals surface area contributed by atoms with Crippen molar-refractivity contribution in [2.24, 2.45) is 17.6 Å². The molecule has 1 aliphatic carbocycles. The lowest BCUT2D eigenvalue weighted by atomic mass is 9.92. The molecule has 2 aliphatic rings. The van der Waals surface area contributed by atoms with Crippen LogP contribution in [0.5, 0.6) is 0 Å². The quantitative estimate of drug-likeness (QED) is 0.687. The van der Waals surface area contributed by atoms with Gasteiger partial charge in [-0.05, 0) is 61.1 Å². The molecule has 1 heterocycles. The number of fused-ring (bicyclic) bond motifs is 1. The molecule has 0 radical (unpaired) electrons. The van der Waals surface area contributed by atoms with E-state index in [9.17, 15) is 9.59 Å². The summed E-state index contributed by atoms with van der Waals surface area (Å²) in [6.07, 6.45) is 3.84. The van der Waals surface area contributed by atoms with Crippen LogP contribution in [0.3, 0.4) is 0 Å². The van der Waals surface area contributed by atoms with Crippen LogP contribution in [0.15, 0.2) is 48.5 Å². The van der Waals surface area contributed by atoms with E-state index >= 15 is 0 Å². The van der Waals surface area contributed by atoms with Gasteiger partial charge in [-0.1, -0.05) is 36.8 Å². The van der Waals surface area contributed by atoms with E-state index in [1.54, 1.807) is 0 Å². The van der Waals surface area contributed by atoms with Crippen molar-refractivity contribution in [2.45, 2.75) is 32.2 Å². The predicted molar refractivity (Wildman–Crippen MR) is 122 cm³/mol. The predicted octanol–water partition coefficient (Wildman–Crippen LogP) is 4.01. The molecule has 4 N–H and O–H groups in total. The summed E-state index contributed by atoms with van der Waals surface area (Å²) < 4.78 is 0. The third-order valence-corrected chi connectivity index (χ3v) is 6.14. The molecule has 4 rings (SSSR count). The summed E-state index contributed by atoms with van der Waals surface area (Å²) in [5.74, 6) is 0.627. The molecule has 0 spiro atoms. The number of benzene rings is 2. The molecule has 1 fully saturated rings. The largest absolute Gasteiger partial charge is 0.338 e. The van der Waals surface area contributed by atoms with Crippen molar-refractivity contribution >= 4 is 35.7 Å². The van der Waals surface area contributed by atoms with Gasteiger partial charge < -0.3 is 21.3 Å². The lowest BCUT2D eigenvalue weighted by molar-refractivity contribution is -0.137. The highest BCUT2D eigenvalue weighted by Crippen LogP contribution is 2.34. The third kappa shape index (κ3) is 4.77. The second-order valence-corrected chi connectivity index (χ2v) is 7.93. The maximum absolute atomic E-state index is 13.0. The van der Waals surface area contributed by atoms with Gasteiger partial charge in [0.2, 0.25) is 5.91 Å². The molecule has 2 atom stereocenters. The number of nitrogens with zero attached hydrogens (tertiary/aromatic N) is 1. The number of hydrogen-bond donors (Lipinski definition) is 3. The molecule has 2 aromatic rings. The minimum atomic E-state index is -0.264. The van der Waals surface area contributed by atoms with Crippen LogP contribution in [0.25, 0.3) is 0 Å². The van der Waals surface area contributed by atoms with Crippen molar-refractivity contribution in [1.82, 2.24) is 4.90 Å². The number of rotatable bonds is 4. The van der Waals surface area contributed by atoms with Crippen molar-refractivity contribution in [1.29, 1.82) is 0 Å². The molecular weight excluding hydrogens is 400 g/mol. The first-order chi connectivity index (χ1) is 14.2. The first-order valence-electron chi connectivity index (χ1n) is 10.4. The first kappa shape index (κ1) is 22.1. The maximum Gasteiger partial charge on any atom is 0.323 e. The summed E-state index contributed by atoms with van der Waals surface area (Å²) in [4.78, 5) is 27.4. The Balaban J connectivity index is 0.00000256. The van der Waals surface area contributed by atoms with Gasteiger partial charge in [0.25, 0.3) is 0 Å². The van der Waals surface area contributed by atoms with Gasteiger partial charge in [0, 0.05) is 30.4 Å². The highest BCUT2D eigenvalue weighted by Gasteiger charge is 2.35. The van der Waals surface area contributed by atoms with E-state index in [1.165, 1.54) is 0 Å². The fraction of sp³-hybridized carbons (Fsp3) is 0.391. The highest BCUT2D eigenvalue weighted by atomic mass is 35.5. The molecule has 160 valence electrons. The fourth-order valence-electron chi connectivity index (χ4n) is 4.60. The van der Waals surface area contributed by atoms with Gasteiger partial charge in [0.15, 0.2) is 0 Å². The Labute approximate surface area is 183 Å².